The van der Waals surface area contributed by atoms with Crippen LogP contribution in [0.5, 0.6) is 0 Å². The van der Waals surface area contributed by atoms with Gasteiger partial charge in [0.15, 0.2) is 0 Å². The molecule has 0 saturated heterocycles. The first kappa shape index (κ1) is 12.4. The molecule has 2 aliphatic rings. The van der Waals surface area contributed by atoms with Gasteiger partial charge in [0, 0.05) is 5.41 Å². The van der Waals surface area contributed by atoms with E-state index in [1.807, 2.05) is 12.2 Å². The third kappa shape index (κ3) is 1.50. The molecule has 0 heterocycles. The number of fused-ring (bicyclic) bond motifs is 3. The summed E-state index contributed by atoms with van der Waals surface area (Å²) in [5.74, 6) is 0. The Morgan fingerprint density at radius 2 is 1.43 bits per heavy atom. The van der Waals surface area contributed by atoms with Crippen molar-refractivity contribution in [3.8, 4) is 0 Å². The van der Waals surface area contributed by atoms with Crippen molar-refractivity contribution in [1.29, 1.82) is 0 Å². The van der Waals surface area contributed by atoms with Gasteiger partial charge in [-0.05, 0) is 46.2 Å². The number of rotatable bonds is 2. The molecule has 1 spiro atoms. The molecule has 0 radical (unpaired) electrons. The summed E-state index contributed by atoms with van der Waals surface area (Å²) in [5.41, 5.74) is 8.37. The van der Waals surface area contributed by atoms with Crippen LogP contribution in [0.1, 0.15) is 22.3 Å². The summed E-state index contributed by atoms with van der Waals surface area (Å²) in [5, 5.41) is 0. The van der Waals surface area contributed by atoms with Crippen molar-refractivity contribution in [2.75, 3.05) is 0 Å². The minimum Gasteiger partial charge on any atom is -0.0987 e. The highest BCUT2D eigenvalue weighted by molar-refractivity contribution is 5.88. The number of allylic oxidation sites excluding steroid dienone is 4. The standard InChI is InChI=1S/C21H18/c1-3-17-18-11-7-8-12-20(18)21(19(17)4-2)13-15-9-5-6-10-16(15)14-21/h3-12H,1-2,13-14H2. The van der Waals surface area contributed by atoms with Gasteiger partial charge in [-0.1, -0.05) is 73.8 Å². The first-order chi connectivity index (χ1) is 10.3. The Kier molecular flexibility index (Phi) is 2.56. The lowest BCUT2D eigenvalue weighted by molar-refractivity contribution is 0.559. The predicted octanol–water partition coefficient (Wildman–Crippen LogP) is 4.86. The van der Waals surface area contributed by atoms with E-state index in [2.05, 4.69) is 61.7 Å². The average Bonchev–Trinajstić information content (AvgIpc) is 3.03. The zero-order valence-electron chi connectivity index (χ0n) is 12.1. The van der Waals surface area contributed by atoms with E-state index in [0.717, 1.165) is 12.8 Å². The molecule has 0 bridgehead atoms. The Labute approximate surface area is 126 Å². The zero-order valence-corrected chi connectivity index (χ0v) is 12.1. The molecular weight excluding hydrogens is 252 g/mol. The summed E-state index contributed by atoms with van der Waals surface area (Å²) in [6.45, 7) is 8.14. The van der Waals surface area contributed by atoms with E-state index in [-0.39, 0.29) is 5.41 Å². The third-order valence-corrected chi connectivity index (χ3v) is 5.05. The molecule has 2 aliphatic carbocycles. The Morgan fingerprint density at radius 3 is 2.05 bits per heavy atom. The Hall–Kier alpha value is -2.34. The van der Waals surface area contributed by atoms with Gasteiger partial charge < -0.3 is 0 Å². The van der Waals surface area contributed by atoms with Gasteiger partial charge in [-0.25, -0.2) is 0 Å². The van der Waals surface area contributed by atoms with E-state index in [1.54, 1.807) is 0 Å². The lowest BCUT2D eigenvalue weighted by Gasteiger charge is -2.27. The lowest BCUT2D eigenvalue weighted by Crippen LogP contribution is -2.26. The molecule has 0 N–H and O–H groups in total. The van der Waals surface area contributed by atoms with Gasteiger partial charge in [0.1, 0.15) is 0 Å². The van der Waals surface area contributed by atoms with E-state index in [1.165, 1.54) is 33.4 Å². The molecule has 0 amide bonds. The van der Waals surface area contributed by atoms with Crippen molar-refractivity contribution in [1.82, 2.24) is 0 Å². The van der Waals surface area contributed by atoms with Crippen LogP contribution in [0, 0.1) is 0 Å². The quantitative estimate of drug-likeness (QED) is 0.731. The molecule has 0 atom stereocenters. The summed E-state index contributed by atoms with van der Waals surface area (Å²) in [6.07, 6.45) is 6.17. The van der Waals surface area contributed by atoms with Crippen LogP contribution >= 0.6 is 0 Å². The van der Waals surface area contributed by atoms with E-state index in [4.69, 9.17) is 0 Å². The van der Waals surface area contributed by atoms with Crippen LogP contribution in [0.15, 0.2) is 79.4 Å². The molecule has 0 aliphatic heterocycles. The van der Waals surface area contributed by atoms with Gasteiger partial charge in [-0.3, -0.25) is 0 Å². The second-order valence-electron chi connectivity index (χ2n) is 5.99. The van der Waals surface area contributed by atoms with Crippen LogP contribution in [0.2, 0.25) is 0 Å². The molecular formula is C21H18. The summed E-state index contributed by atoms with van der Waals surface area (Å²) < 4.78 is 0. The monoisotopic (exact) mass is 270 g/mol. The largest absolute Gasteiger partial charge is 0.0987 e. The molecule has 102 valence electrons. The van der Waals surface area contributed by atoms with E-state index in [9.17, 15) is 0 Å². The molecule has 2 aromatic carbocycles. The molecule has 0 unspecified atom stereocenters. The summed E-state index contributed by atoms with van der Waals surface area (Å²) in [4.78, 5) is 0. The fourth-order valence-corrected chi connectivity index (χ4v) is 4.20. The van der Waals surface area contributed by atoms with Crippen molar-refractivity contribution < 1.29 is 0 Å². The second kappa shape index (κ2) is 4.33. The Bertz CT molecular complexity index is 764. The lowest BCUT2D eigenvalue weighted by atomic mass is 9.74. The highest BCUT2D eigenvalue weighted by Gasteiger charge is 2.46. The van der Waals surface area contributed by atoms with Crippen molar-refractivity contribution in [2.24, 2.45) is 0 Å². The normalized spacial score (nSPS) is 17.7. The van der Waals surface area contributed by atoms with Crippen LogP contribution in [0.4, 0.5) is 0 Å². The summed E-state index contributed by atoms with van der Waals surface area (Å²) in [6, 6.07) is 17.6. The van der Waals surface area contributed by atoms with Crippen molar-refractivity contribution in [3.05, 3.63) is 102 Å². The van der Waals surface area contributed by atoms with Crippen molar-refractivity contribution in [3.63, 3.8) is 0 Å². The number of hydrogen-bond donors (Lipinski definition) is 0. The second-order valence-corrected chi connectivity index (χ2v) is 5.99. The highest BCUT2D eigenvalue weighted by atomic mass is 14.5. The topological polar surface area (TPSA) is 0 Å². The molecule has 0 saturated carbocycles. The van der Waals surface area contributed by atoms with Crippen LogP contribution < -0.4 is 0 Å². The molecule has 0 fully saturated rings. The highest BCUT2D eigenvalue weighted by Crippen LogP contribution is 2.54. The maximum absolute atomic E-state index is 4.10. The summed E-state index contributed by atoms with van der Waals surface area (Å²) in [7, 11) is 0. The minimum absolute atomic E-state index is 0.0611. The van der Waals surface area contributed by atoms with Crippen molar-refractivity contribution in [2.45, 2.75) is 18.3 Å². The molecule has 4 rings (SSSR count). The number of hydrogen-bond acceptors (Lipinski definition) is 0. The number of benzene rings is 2. The van der Waals surface area contributed by atoms with E-state index in [0.29, 0.717) is 0 Å². The SMILES string of the molecule is C=CC1=C(C=C)C2(Cc3ccccc3C2)c2ccccc21. The van der Waals surface area contributed by atoms with Gasteiger partial charge in [0.25, 0.3) is 0 Å². The molecule has 0 aromatic heterocycles. The first-order valence-corrected chi connectivity index (χ1v) is 7.46. The average molecular weight is 270 g/mol. The van der Waals surface area contributed by atoms with E-state index >= 15 is 0 Å². The van der Waals surface area contributed by atoms with Gasteiger partial charge in [-0.15, -0.1) is 0 Å². The fraction of sp³-hybridized carbons (Fsp3) is 0.143. The summed E-state index contributed by atoms with van der Waals surface area (Å²) >= 11 is 0. The van der Waals surface area contributed by atoms with Crippen LogP contribution in [0.3, 0.4) is 0 Å². The maximum atomic E-state index is 4.10. The smallest absolute Gasteiger partial charge is 0.0295 e. The van der Waals surface area contributed by atoms with Crippen LogP contribution in [-0.4, -0.2) is 0 Å². The molecule has 2 aromatic rings. The molecule has 0 heteroatoms. The Morgan fingerprint density at radius 1 is 0.810 bits per heavy atom. The van der Waals surface area contributed by atoms with Crippen LogP contribution in [0.25, 0.3) is 5.57 Å². The fourth-order valence-electron chi connectivity index (χ4n) is 4.20. The predicted molar refractivity (Wildman–Crippen MR) is 89.3 cm³/mol. The minimum atomic E-state index is 0.0611. The van der Waals surface area contributed by atoms with Crippen molar-refractivity contribution >= 4 is 5.57 Å². The maximum Gasteiger partial charge on any atom is 0.0295 e. The molecule has 0 nitrogen and oxygen atoms in total. The van der Waals surface area contributed by atoms with Gasteiger partial charge in [0.2, 0.25) is 0 Å². The molecule has 21 heavy (non-hydrogen) atoms. The Balaban J connectivity index is 2.00. The van der Waals surface area contributed by atoms with Crippen LogP contribution in [-0.2, 0) is 18.3 Å². The van der Waals surface area contributed by atoms with Gasteiger partial charge >= 0.3 is 0 Å². The first-order valence-electron chi connectivity index (χ1n) is 7.46. The zero-order chi connectivity index (χ0) is 14.4. The van der Waals surface area contributed by atoms with Gasteiger partial charge in [0.05, 0.1) is 0 Å². The third-order valence-electron chi connectivity index (χ3n) is 5.05. The van der Waals surface area contributed by atoms with Gasteiger partial charge in [-0.2, -0.15) is 0 Å². The van der Waals surface area contributed by atoms with E-state index < -0.39 is 0 Å².